The SMILES string of the molecule is Cc1ccc(Nc2sc(C(=O)c3ccccc3)c(N)c2S(=O)(=O)c2ccccc2)c(C)c1. The highest BCUT2D eigenvalue weighted by Crippen LogP contribution is 2.44. The second-order valence-electron chi connectivity index (χ2n) is 7.46. The van der Waals surface area contributed by atoms with Gasteiger partial charge in [0.2, 0.25) is 15.6 Å². The van der Waals surface area contributed by atoms with Gasteiger partial charge in [-0.1, -0.05) is 66.2 Å². The van der Waals surface area contributed by atoms with Crippen molar-refractivity contribution in [2.75, 3.05) is 11.1 Å². The van der Waals surface area contributed by atoms with E-state index in [-0.39, 0.29) is 26.1 Å². The Kier molecular flexibility index (Phi) is 5.86. The van der Waals surface area contributed by atoms with E-state index in [0.717, 1.165) is 28.2 Å². The zero-order valence-corrected chi connectivity index (χ0v) is 19.3. The van der Waals surface area contributed by atoms with E-state index in [2.05, 4.69) is 5.32 Å². The highest BCUT2D eigenvalue weighted by molar-refractivity contribution is 7.92. The lowest BCUT2D eigenvalue weighted by molar-refractivity contribution is 0.104. The Hall–Kier alpha value is -3.42. The van der Waals surface area contributed by atoms with Gasteiger partial charge in [0.25, 0.3) is 0 Å². The first-order chi connectivity index (χ1) is 15.3. The van der Waals surface area contributed by atoms with E-state index in [1.54, 1.807) is 42.5 Å². The van der Waals surface area contributed by atoms with E-state index in [0.29, 0.717) is 10.6 Å². The largest absolute Gasteiger partial charge is 0.396 e. The van der Waals surface area contributed by atoms with E-state index in [1.807, 2.05) is 38.1 Å². The lowest BCUT2D eigenvalue weighted by atomic mass is 10.1. The highest BCUT2D eigenvalue weighted by atomic mass is 32.2. The van der Waals surface area contributed by atoms with E-state index >= 15 is 0 Å². The number of hydrogen-bond acceptors (Lipinski definition) is 6. The van der Waals surface area contributed by atoms with E-state index in [9.17, 15) is 13.2 Å². The van der Waals surface area contributed by atoms with Crippen molar-refractivity contribution in [1.29, 1.82) is 0 Å². The second-order valence-corrected chi connectivity index (χ2v) is 10.4. The molecule has 3 N–H and O–H groups in total. The third kappa shape index (κ3) is 4.04. The number of carbonyl (C=O) groups excluding carboxylic acids is 1. The van der Waals surface area contributed by atoms with Gasteiger partial charge in [0.1, 0.15) is 14.8 Å². The van der Waals surface area contributed by atoms with Crippen molar-refractivity contribution in [3.8, 4) is 0 Å². The first kappa shape index (κ1) is 21.8. The van der Waals surface area contributed by atoms with Crippen LogP contribution in [0.4, 0.5) is 16.4 Å². The highest BCUT2D eigenvalue weighted by Gasteiger charge is 2.31. The molecule has 5 nitrogen and oxygen atoms in total. The molecule has 1 aromatic heterocycles. The van der Waals surface area contributed by atoms with Crippen LogP contribution in [0, 0.1) is 13.8 Å². The van der Waals surface area contributed by atoms with Gasteiger partial charge < -0.3 is 11.1 Å². The van der Waals surface area contributed by atoms with Crippen molar-refractivity contribution >= 4 is 43.3 Å². The van der Waals surface area contributed by atoms with Crippen LogP contribution < -0.4 is 11.1 Å². The summed E-state index contributed by atoms with van der Waals surface area (Å²) in [4.78, 5) is 13.4. The van der Waals surface area contributed by atoms with E-state index < -0.39 is 9.84 Å². The molecule has 0 amide bonds. The number of aryl methyl sites for hydroxylation is 2. The minimum Gasteiger partial charge on any atom is -0.396 e. The third-order valence-electron chi connectivity index (χ3n) is 5.09. The van der Waals surface area contributed by atoms with Crippen molar-refractivity contribution in [3.05, 3.63) is 100 Å². The maximum absolute atomic E-state index is 13.6. The molecule has 0 aliphatic carbocycles. The summed E-state index contributed by atoms with van der Waals surface area (Å²) in [5.74, 6) is -0.314. The maximum atomic E-state index is 13.6. The molecule has 3 aromatic carbocycles. The Bertz CT molecular complexity index is 1390. The maximum Gasteiger partial charge on any atom is 0.211 e. The van der Waals surface area contributed by atoms with Crippen molar-refractivity contribution in [3.63, 3.8) is 0 Å². The van der Waals surface area contributed by atoms with Gasteiger partial charge >= 0.3 is 0 Å². The van der Waals surface area contributed by atoms with Crippen molar-refractivity contribution in [2.24, 2.45) is 0 Å². The molecule has 0 aliphatic heterocycles. The molecule has 0 unspecified atom stereocenters. The standard InChI is InChI=1S/C25H22N2O3S2/c1-16-13-14-20(17(2)15-16)27-25-24(32(29,30)19-11-7-4-8-12-19)21(26)23(31-25)22(28)18-9-5-3-6-10-18/h3-15,27H,26H2,1-2H3. The first-order valence-corrected chi connectivity index (χ1v) is 12.3. The van der Waals surface area contributed by atoms with Gasteiger partial charge in [0.15, 0.2) is 0 Å². The van der Waals surface area contributed by atoms with Crippen LogP contribution in [0.25, 0.3) is 0 Å². The van der Waals surface area contributed by atoms with E-state index in [4.69, 9.17) is 5.73 Å². The van der Waals surface area contributed by atoms with Crippen LogP contribution in [0.15, 0.2) is 88.7 Å². The molecule has 0 radical (unpaired) electrons. The van der Waals surface area contributed by atoms with Gasteiger partial charge in [-0.05, 0) is 37.6 Å². The zero-order chi connectivity index (χ0) is 22.9. The van der Waals surface area contributed by atoms with Gasteiger partial charge in [0.05, 0.1) is 10.6 Å². The number of anilines is 3. The fourth-order valence-corrected chi connectivity index (χ4v) is 6.41. The smallest absolute Gasteiger partial charge is 0.211 e. The average Bonchev–Trinajstić information content (AvgIpc) is 3.12. The summed E-state index contributed by atoms with van der Waals surface area (Å²) in [7, 11) is -3.97. The predicted octanol–water partition coefficient (Wildman–Crippen LogP) is 5.75. The number of nitrogens with one attached hydrogen (secondary N) is 1. The number of nitrogens with two attached hydrogens (primary N) is 1. The topological polar surface area (TPSA) is 89.3 Å². The minimum absolute atomic E-state index is 0.0417. The van der Waals surface area contributed by atoms with Crippen LogP contribution in [-0.4, -0.2) is 14.2 Å². The molecular weight excluding hydrogens is 440 g/mol. The molecule has 4 rings (SSSR count). The number of sulfone groups is 1. The van der Waals surface area contributed by atoms with Crippen molar-refractivity contribution < 1.29 is 13.2 Å². The van der Waals surface area contributed by atoms with Crippen molar-refractivity contribution in [2.45, 2.75) is 23.6 Å². The van der Waals surface area contributed by atoms with Gasteiger partial charge in [-0.15, -0.1) is 11.3 Å². The Labute approximate surface area is 191 Å². The van der Waals surface area contributed by atoms with Gasteiger partial charge in [-0.3, -0.25) is 4.79 Å². The number of thiophene rings is 1. The summed E-state index contributed by atoms with van der Waals surface area (Å²) in [5, 5.41) is 3.54. The van der Waals surface area contributed by atoms with Gasteiger partial charge in [-0.25, -0.2) is 8.42 Å². The summed E-state index contributed by atoms with van der Waals surface area (Å²) in [6.45, 7) is 3.93. The summed E-state index contributed by atoms with van der Waals surface area (Å²) >= 11 is 1.05. The molecule has 0 bridgehead atoms. The number of nitrogen functional groups attached to an aromatic ring is 1. The van der Waals surface area contributed by atoms with Crippen LogP contribution >= 0.6 is 11.3 Å². The third-order valence-corrected chi connectivity index (χ3v) is 8.20. The number of ketones is 1. The van der Waals surface area contributed by atoms with Crippen LogP contribution in [0.3, 0.4) is 0 Å². The molecular formula is C25H22N2O3S2. The summed E-state index contributed by atoms with van der Waals surface area (Å²) in [6.07, 6.45) is 0. The molecule has 1 heterocycles. The zero-order valence-electron chi connectivity index (χ0n) is 17.6. The number of carbonyl (C=O) groups is 1. The Morgan fingerprint density at radius 3 is 2.16 bits per heavy atom. The second kappa shape index (κ2) is 8.61. The van der Waals surface area contributed by atoms with Crippen molar-refractivity contribution in [1.82, 2.24) is 0 Å². The van der Waals surface area contributed by atoms with Crippen LogP contribution in [0.5, 0.6) is 0 Å². The molecule has 32 heavy (non-hydrogen) atoms. The predicted molar refractivity (Wildman–Crippen MR) is 130 cm³/mol. The van der Waals surface area contributed by atoms with Gasteiger partial charge in [0, 0.05) is 11.3 Å². The number of rotatable bonds is 6. The molecule has 0 saturated heterocycles. The quantitative estimate of drug-likeness (QED) is 0.356. The lowest BCUT2D eigenvalue weighted by Gasteiger charge is -2.12. The van der Waals surface area contributed by atoms with Crippen LogP contribution in [-0.2, 0) is 9.84 Å². The fraction of sp³-hybridized carbons (Fsp3) is 0.0800. The Balaban J connectivity index is 1.90. The molecule has 0 saturated carbocycles. The van der Waals surface area contributed by atoms with Crippen LogP contribution in [0.1, 0.15) is 26.4 Å². The number of benzene rings is 3. The minimum atomic E-state index is -3.97. The summed E-state index contributed by atoms with van der Waals surface area (Å²) in [6, 6.07) is 22.6. The Morgan fingerprint density at radius 2 is 1.53 bits per heavy atom. The first-order valence-electron chi connectivity index (χ1n) is 9.95. The summed E-state index contributed by atoms with van der Waals surface area (Å²) < 4.78 is 27.1. The molecule has 4 aromatic rings. The van der Waals surface area contributed by atoms with E-state index in [1.165, 1.54) is 12.1 Å². The molecule has 162 valence electrons. The molecule has 0 aliphatic rings. The lowest BCUT2D eigenvalue weighted by Crippen LogP contribution is -2.08. The van der Waals surface area contributed by atoms with Gasteiger partial charge in [-0.2, -0.15) is 0 Å². The molecule has 7 heteroatoms. The normalized spacial score (nSPS) is 11.3. The fourth-order valence-electron chi connectivity index (χ4n) is 3.46. The Morgan fingerprint density at radius 1 is 0.906 bits per heavy atom. The molecule has 0 fully saturated rings. The molecule has 0 spiro atoms. The average molecular weight is 463 g/mol. The molecule has 0 atom stereocenters. The number of hydrogen-bond donors (Lipinski definition) is 2. The monoisotopic (exact) mass is 462 g/mol. The summed E-state index contributed by atoms with van der Waals surface area (Å²) in [5.41, 5.74) is 9.55. The van der Waals surface area contributed by atoms with Crippen LogP contribution in [0.2, 0.25) is 0 Å².